The van der Waals surface area contributed by atoms with Crippen molar-refractivity contribution in [3.8, 4) is 0 Å². The van der Waals surface area contributed by atoms with Gasteiger partial charge in [-0.05, 0) is 12.1 Å². The van der Waals surface area contributed by atoms with Crippen molar-refractivity contribution in [3.63, 3.8) is 0 Å². The number of aromatic nitrogens is 1. The van der Waals surface area contributed by atoms with E-state index in [-0.39, 0.29) is 11.5 Å². The Morgan fingerprint density at radius 2 is 1.95 bits per heavy atom. The number of carboxylic acids is 1. The van der Waals surface area contributed by atoms with E-state index in [9.17, 15) is 18.0 Å². The van der Waals surface area contributed by atoms with Crippen molar-refractivity contribution in [1.82, 2.24) is 4.98 Å². The number of carboxylic acid groups (broad SMARTS) is 1. The van der Waals surface area contributed by atoms with E-state index >= 15 is 0 Å². The highest BCUT2D eigenvalue weighted by molar-refractivity contribution is 7.99. The van der Waals surface area contributed by atoms with Crippen LogP contribution in [0.3, 0.4) is 0 Å². The highest BCUT2D eigenvalue weighted by Crippen LogP contribution is 2.36. The first-order valence-corrected chi connectivity index (χ1v) is 6.69. The molecule has 0 aliphatic carbocycles. The van der Waals surface area contributed by atoms with Gasteiger partial charge in [0.1, 0.15) is 5.82 Å². The number of thioether (sulfide) groups is 1. The molecule has 0 atom stereocenters. The molecule has 0 spiro atoms. The molecule has 1 aromatic rings. The second kappa shape index (κ2) is 5.28. The van der Waals surface area contributed by atoms with E-state index < -0.39 is 17.7 Å². The Balaban J connectivity index is 2.46. The molecule has 0 saturated carbocycles. The van der Waals surface area contributed by atoms with Gasteiger partial charge < -0.3 is 10.0 Å². The monoisotopic (exact) mass is 292 g/mol. The van der Waals surface area contributed by atoms with Crippen molar-refractivity contribution < 1.29 is 23.1 Å². The summed E-state index contributed by atoms with van der Waals surface area (Å²) in [5.74, 6) is -0.207. The minimum absolute atomic E-state index is 0.285. The van der Waals surface area contributed by atoms with Crippen molar-refractivity contribution in [2.75, 3.05) is 29.5 Å². The van der Waals surface area contributed by atoms with E-state index in [0.29, 0.717) is 24.6 Å². The Morgan fingerprint density at radius 1 is 1.32 bits per heavy atom. The smallest absolute Gasteiger partial charge is 0.419 e. The highest BCUT2D eigenvalue weighted by atomic mass is 32.2. The second-order valence-corrected chi connectivity index (χ2v) is 5.19. The molecule has 0 aromatic carbocycles. The minimum atomic E-state index is -4.54. The summed E-state index contributed by atoms with van der Waals surface area (Å²) in [6, 6.07) is 1.67. The summed E-state index contributed by atoms with van der Waals surface area (Å²) in [5.41, 5.74) is -1.26. The lowest BCUT2D eigenvalue weighted by Gasteiger charge is -2.29. The second-order valence-electron chi connectivity index (χ2n) is 3.97. The van der Waals surface area contributed by atoms with Gasteiger partial charge in [-0.3, -0.25) is 0 Å². The zero-order valence-corrected chi connectivity index (χ0v) is 10.6. The van der Waals surface area contributed by atoms with E-state index in [0.717, 1.165) is 12.1 Å². The number of hydrogen-bond acceptors (Lipinski definition) is 4. The lowest BCUT2D eigenvalue weighted by Crippen LogP contribution is -2.35. The Bertz CT molecular complexity index is 487. The van der Waals surface area contributed by atoms with Gasteiger partial charge in [-0.25, -0.2) is 9.78 Å². The minimum Gasteiger partial charge on any atom is -0.477 e. The van der Waals surface area contributed by atoms with Crippen molar-refractivity contribution >= 4 is 23.5 Å². The van der Waals surface area contributed by atoms with Gasteiger partial charge in [0.2, 0.25) is 0 Å². The fraction of sp³-hybridized carbons (Fsp3) is 0.455. The largest absolute Gasteiger partial charge is 0.477 e. The Kier molecular flexibility index (Phi) is 3.88. The normalized spacial score (nSPS) is 16.5. The van der Waals surface area contributed by atoms with Crippen LogP contribution in [0.4, 0.5) is 19.0 Å². The van der Waals surface area contributed by atoms with E-state index in [4.69, 9.17) is 5.11 Å². The number of halogens is 3. The van der Waals surface area contributed by atoms with E-state index in [1.165, 1.54) is 4.90 Å². The molecule has 1 aromatic heterocycles. The third-order valence-corrected chi connectivity index (χ3v) is 3.65. The van der Waals surface area contributed by atoms with Gasteiger partial charge in [0.25, 0.3) is 0 Å². The SMILES string of the molecule is O=C(O)c1ccc(C(F)(F)F)c(N2CCSCC2)n1. The van der Waals surface area contributed by atoms with Crippen molar-refractivity contribution in [2.45, 2.75) is 6.18 Å². The van der Waals surface area contributed by atoms with Gasteiger partial charge in [-0.15, -0.1) is 0 Å². The summed E-state index contributed by atoms with van der Waals surface area (Å²) in [5, 5.41) is 8.83. The maximum atomic E-state index is 12.9. The number of alkyl halides is 3. The van der Waals surface area contributed by atoms with Crippen molar-refractivity contribution in [2.24, 2.45) is 0 Å². The van der Waals surface area contributed by atoms with Crippen molar-refractivity contribution in [3.05, 3.63) is 23.4 Å². The van der Waals surface area contributed by atoms with Gasteiger partial charge >= 0.3 is 12.1 Å². The summed E-state index contributed by atoms with van der Waals surface area (Å²) in [6.07, 6.45) is -4.54. The highest BCUT2D eigenvalue weighted by Gasteiger charge is 2.36. The lowest BCUT2D eigenvalue weighted by molar-refractivity contribution is -0.137. The van der Waals surface area contributed by atoms with Crippen LogP contribution in [0.15, 0.2) is 12.1 Å². The summed E-state index contributed by atoms with van der Waals surface area (Å²) in [6.45, 7) is 0.869. The van der Waals surface area contributed by atoms with Crippen LogP contribution in [0.2, 0.25) is 0 Å². The molecule has 1 saturated heterocycles. The summed E-state index contributed by atoms with van der Waals surface area (Å²) in [7, 11) is 0. The number of nitrogens with zero attached hydrogens (tertiary/aromatic N) is 2. The molecule has 8 heteroatoms. The molecule has 2 heterocycles. The summed E-state index contributed by atoms with van der Waals surface area (Å²) >= 11 is 1.65. The fourth-order valence-electron chi connectivity index (χ4n) is 1.80. The quantitative estimate of drug-likeness (QED) is 0.907. The molecule has 4 nitrogen and oxygen atoms in total. The van der Waals surface area contributed by atoms with E-state index in [2.05, 4.69) is 4.98 Å². The standard InChI is InChI=1S/C11H11F3N2O2S/c12-11(13,14)7-1-2-8(10(17)18)15-9(7)16-3-5-19-6-4-16/h1-2H,3-6H2,(H,17,18). The van der Waals surface area contributed by atoms with Crippen LogP contribution in [-0.2, 0) is 6.18 Å². The molecule has 1 fully saturated rings. The molecular weight excluding hydrogens is 281 g/mol. The third-order valence-electron chi connectivity index (χ3n) is 2.71. The van der Waals surface area contributed by atoms with Crippen molar-refractivity contribution in [1.29, 1.82) is 0 Å². The zero-order chi connectivity index (χ0) is 14.0. The average Bonchev–Trinajstić information content (AvgIpc) is 2.38. The van der Waals surface area contributed by atoms with Crippen LogP contribution < -0.4 is 4.90 Å². The number of rotatable bonds is 2. The molecule has 19 heavy (non-hydrogen) atoms. The fourth-order valence-corrected chi connectivity index (χ4v) is 2.71. The van der Waals surface area contributed by atoms with Crippen LogP contribution >= 0.6 is 11.8 Å². The average molecular weight is 292 g/mol. The predicted molar refractivity (Wildman–Crippen MR) is 65.7 cm³/mol. The summed E-state index contributed by atoms with van der Waals surface area (Å²) in [4.78, 5) is 16.0. The van der Waals surface area contributed by atoms with E-state index in [1.807, 2.05) is 0 Å². The molecule has 0 unspecified atom stereocenters. The van der Waals surface area contributed by atoms with Gasteiger partial charge in [-0.2, -0.15) is 24.9 Å². The Labute approximate surface area is 111 Å². The molecule has 0 radical (unpaired) electrons. The van der Waals surface area contributed by atoms with Gasteiger partial charge in [0.05, 0.1) is 5.56 Å². The predicted octanol–water partition coefficient (Wildman–Crippen LogP) is 2.35. The number of aromatic carboxylic acids is 1. The van der Waals surface area contributed by atoms with Crippen LogP contribution in [0.5, 0.6) is 0 Å². The third kappa shape index (κ3) is 3.12. The maximum Gasteiger partial charge on any atom is 0.419 e. The van der Waals surface area contributed by atoms with E-state index in [1.54, 1.807) is 11.8 Å². The Morgan fingerprint density at radius 3 is 2.47 bits per heavy atom. The lowest BCUT2D eigenvalue weighted by atomic mass is 10.2. The summed E-state index contributed by atoms with van der Waals surface area (Å²) < 4.78 is 38.8. The molecule has 1 aliphatic heterocycles. The van der Waals surface area contributed by atoms with Crippen LogP contribution in [0, 0.1) is 0 Å². The van der Waals surface area contributed by atoms with Crippen LogP contribution in [0.1, 0.15) is 16.1 Å². The molecule has 1 aliphatic rings. The molecule has 0 amide bonds. The van der Waals surface area contributed by atoms with Crippen LogP contribution in [-0.4, -0.2) is 40.7 Å². The Hall–Kier alpha value is -1.44. The number of hydrogen-bond donors (Lipinski definition) is 1. The van der Waals surface area contributed by atoms with Gasteiger partial charge in [0.15, 0.2) is 5.69 Å². The zero-order valence-electron chi connectivity index (χ0n) is 9.78. The number of anilines is 1. The first kappa shape index (κ1) is 14.0. The first-order valence-electron chi connectivity index (χ1n) is 5.54. The molecule has 1 N–H and O–H groups in total. The molecule has 2 rings (SSSR count). The number of pyridine rings is 1. The molecule has 104 valence electrons. The van der Waals surface area contributed by atoms with Gasteiger partial charge in [0, 0.05) is 24.6 Å². The molecule has 0 bridgehead atoms. The molecular formula is C11H11F3N2O2S. The number of carbonyl (C=O) groups is 1. The topological polar surface area (TPSA) is 53.4 Å². The van der Waals surface area contributed by atoms with Crippen LogP contribution in [0.25, 0.3) is 0 Å². The first-order chi connectivity index (χ1) is 8.89. The van der Waals surface area contributed by atoms with Gasteiger partial charge in [-0.1, -0.05) is 0 Å². The maximum absolute atomic E-state index is 12.9.